The monoisotopic (exact) mass is 638 g/mol. The van der Waals surface area contributed by atoms with Crippen LogP contribution in [-0.2, 0) is 29.8 Å². The summed E-state index contributed by atoms with van der Waals surface area (Å²) in [6, 6.07) is 32.2. The van der Waals surface area contributed by atoms with Crippen LogP contribution in [0.4, 0.5) is 8.78 Å². The van der Waals surface area contributed by atoms with Crippen LogP contribution in [0, 0.1) is 17.3 Å². The van der Waals surface area contributed by atoms with Gasteiger partial charge in [0.15, 0.2) is 14.7 Å². The average molecular weight is 639 g/mol. The fourth-order valence-corrected chi connectivity index (χ4v) is 9.39. The van der Waals surface area contributed by atoms with Gasteiger partial charge in [0.05, 0.1) is 23.1 Å². The summed E-state index contributed by atoms with van der Waals surface area (Å²) in [6.45, 7) is -0.143. The van der Waals surface area contributed by atoms with E-state index >= 15 is 0 Å². The Kier molecular flexibility index (Phi) is 11.0. The van der Waals surface area contributed by atoms with E-state index in [1.165, 1.54) is 14.7 Å². The summed E-state index contributed by atoms with van der Waals surface area (Å²) in [6.07, 6.45) is 4.62. The van der Waals surface area contributed by atoms with Gasteiger partial charge in [-0.1, -0.05) is 54.6 Å². The van der Waals surface area contributed by atoms with E-state index in [4.69, 9.17) is 4.74 Å². The molecule has 11 heteroatoms. The third kappa shape index (κ3) is 7.85. The second-order valence-corrected chi connectivity index (χ2v) is 14.1. The molecule has 0 aliphatic heterocycles. The quantitative estimate of drug-likeness (QED) is 0.0938. The molecule has 7 rings (SSSR count). The Bertz CT molecular complexity index is 1180. The molecule has 2 unspecified atom stereocenters. The highest BCUT2D eigenvalue weighted by molar-refractivity contribution is 7.97. The third-order valence-electron chi connectivity index (χ3n) is 8.00. The molecular weight excluding hydrogens is 606 g/mol. The van der Waals surface area contributed by atoms with Crippen molar-refractivity contribution in [3.63, 3.8) is 0 Å². The van der Waals surface area contributed by atoms with Crippen molar-refractivity contribution < 1.29 is 38.0 Å². The van der Waals surface area contributed by atoms with Crippen molar-refractivity contribution in [3.05, 3.63) is 91.0 Å². The Morgan fingerprint density at radius 3 is 1.74 bits per heavy atom. The molecule has 4 saturated carbocycles. The normalized spacial score (nSPS) is 25.7. The van der Waals surface area contributed by atoms with Gasteiger partial charge in [0, 0.05) is 5.41 Å². The number of rotatable bonds is 9. The highest BCUT2D eigenvalue weighted by atomic mass is 35.5. The lowest BCUT2D eigenvalue weighted by Gasteiger charge is -2.59. The summed E-state index contributed by atoms with van der Waals surface area (Å²) >= 11 is -0.689. The first-order chi connectivity index (χ1) is 19.7. The fourth-order valence-electron chi connectivity index (χ4n) is 7.04. The van der Waals surface area contributed by atoms with E-state index in [-0.39, 0.29) is 29.9 Å². The summed E-state index contributed by atoms with van der Waals surface area (Å²) in [4.78, 5) is 15.5. The molecule has 0 aromatic heterocycles. The summed E-state index contributed by atoms with van der Waals surface area (Å²) in [5, 5.41) is 18.9. The molecule has 3 aromatic carbocycles. The van der Waals surface area contributed by atoms with Crippen molar-refractivity contribution in [2.24, 2.45) is 17.3 Å². The number of ether oxygens (including phenoxy) is 1. The molecule has 4 aliphatic rings. The number of halogens is 3. The molecule has 0 heterocycles. The fraction of sp³-hybridized carbons (Fsp3) is 0.387. The molecule has 4 fully saturated rings. The Morgan fingerprint density at radius 1 is 0.881 bits per heavy atom. The smallest absolute Gasteiger partial charge is 0.415 e. The van der Waals surface area contributed by atoms with Crippen molar-refractivity contribution in [1.82, 2.24) is 0 Å². The lowest BCUT2D eigenvalue weighted by Crippen LogP contribution is -2.57. The molecule has 0 saturated heterocycles. The van der Waals surface area contributed by atoms with Gasteiger partial charge in [-0.3, -0.25) is 5.04 Å². The van der Waals surface area contributed by atoms with Crippen LogP contribution in [0.15, 0.2) is 106 Å². The summed E-state index contributed by atoms with van der Waals surface area (Å²) in [5.41, 5.74) is -1.15. The Hall–Kier alpha value is -2.18. The topological polar surface area (TPSA) is 88.1 Å². The molecule has 6 nitrogen and oxygen atoms in total. The van der Waals surface area contributed by atoms with Crippen LogP contribution >= 0.6 is 24.4 Å². The van der Waals surface area contributed by atoms with E-state index in [1.807, 2.05) is 0 Å². The lowest BCUT2D eigenvalue weighted by atomic mass is 9.48. The van der Waals surface area contributed by atoms with Gasteiger partial charge in [-0.05, 0) is 86.8 Å². The van der Waals surface area contributed by atoms with Crippen LogP contribution in [-0.4, -0.2) is 28.5 Å². The minimum Gasteiger partial charge on any atom is -0.691 e. The van der Waals surface area contributed by atoms with E-state index in [0.29, 0.717) is 18.3 Å². The van der Waals surface area contributed by atoms with Crippen LogP contribution in [0.25, 0.3) is 0 Å². The maximum absolute atomic E-state index is 13.3. The van der Waals surface area contributed by atoms with Crippen LogP contribution in [0.1, 0.15) is 38.5 Å². The molecule has 3 aromatic rings. The Morgan fingerprint density at radius 2 is 1.33 bits per heavy atom. The molecule has 226 valence electrons. The average Bonchev–Trinajstić information content (AvgIpc) is 2.96. The molecular formula is C31H33ClF2O6S2. The molecule has 0 radical (unpaired) electrons. The minimum absolute atomic E-state index is 0. The van der Waals surface area contributed by atoms with Gasteiger partial charge in [-0.2, -0.15) is 13.1 Å². The van der Waals surface area contributed by atoms with Crippen LogP contribution < -0.4 is 5.26 Å². The Balaban J connectivity index is 0.000000190. The summed E-state index contributed by atoms with van der Waals surface area (Å²) < 4.78 is 34.9. The largest absolute Gasteiger partial charge is 0.691 e. The zero-order valence-corrected chi connectivity index (χ0v) is 25.2. The van der Waals surface area contributed by atoms with Crippen molar-refractivity contribution in [1.29, 1.82) is 0 Å². The van der Waals surface area contributed by atoms with Crippen molar-refractivity contribution in [3.8, 4) is 0 Å². The SMILES string of the molecule is Cl.O=C(OCC12CC3CC(CC(O)(C3)C1)C2)C(F)(F)SOO[O-].c1ccc([S+](c2ccccc2)c2ccccc2)cc1. The van der Waals surface area contributed by atoms with Crippen LogP contribution in [0.5, 0.6) is 0 Å². The number of carbonyl (C=O) groups is 1. The van der Waals surface area contributed by atoms with Crippen molar-refractivity contribution in [2.45, 2.75) is 64.1 Å². The summed E-state index contributed by atoms with van der Waals surface area (Å²) in [5.74, 6) is -1.02. The first-order valence-corrected chi connectivity index (χ1v) is 15.5. The van der Waals surface area contributed by atoms with Gasteiger partial charge < -0.3 is 15.1 Å². The van der Waals surface area contributed by atoms with E-state index in [2.05, 4.69) is 100 Å². The van der Waals surface area contributed by atoms with Crippen molar-refractivity contribution in [2.75, 3.05) is 6.61 Å². The van der Waals surface area contributed by atoms with Gasteiger partial charge in [-0.15, -0.1) is 12.4 Å². The van der Waals surface area contributed by atoms with E-state index in [0.717, 1.165) is 32.1 Å². The maximum Gasteiger partial charge on any atom is 0.415 e. The van der Waals surface area contributed by atoms with Crippen molar-refractivity contribution >= 4 is 41.3 Å². The molecule has 4 bridgehead atoms. The minimum atomic E-state index is -4.01. The standard InChI is InChI=1S/C18H15S.C13H18F2O6S.ClH/c1-4-10-16(11-5-1)19(17-12-6-2-7-13-17)18-14-8-3-9-15-18;14-13(15,22-21-20-18)10(16)19-7-11-2-8-1-9(3-11)5-12(17,4-8)6-11;/h1-15H;8-9,17-18H,1-7H2;1H/q+1;;/p-1. The van der Waals surface area contributed by atoms with Gasteiger partial charge in [0.25, 0.3) is 0 Å². The second kappa shape index (κ2) is 14.1. The number of alkyl halides is 2. The first kappa shape index (κ1) is 32.7. The van der Waals surface area contributed by atoms with E-state index in [9.17, 15) is 23.9 Å². The predicted octanol–water partition coefficient (Wildman–Crippen LogP) is 6.53. The molecule has 4 aliphatic carbocycles. The van der Waals surface area contributed by atoms with Crippen LogP contribution in [0.3, 0.4) is 0 Å². The predicted molar refractivity (Wildman–Crippen MR) is 156 cm³/mol. The van der Waals surface area contributed by atoms with Gasteiger partial charge in [-0.25, -0.2) is 4.79 Å². The molecule has 42 heavy (non-hydrogen) atoms. The molecule has 0 spiro atoms. The number of benzene rings is 3. The zero-order chi connectivity index (χ0) is 28.9. The zero-order valence-electron chi connectivity index (χ0n) is 22.7. The van der Waals surface area contributed by atoms with Gasteiger partial charge in [0.2, 0.25) is 0 Å². The maximum atomic E-state index is 13.3. The van der Waals surface area contributed by atoms with Gasteiger partial charge in [0.1, 0.15) is 12.0 Å². The number of hydrogen-bond donors (Lipinski definition) is 1. The number of aliphatic hydroxyl groups is 1. The summed E-state index contributed by atoms with van der Waals surface area (Å²) in [7, 11) is -0.0146. The highest BCUT2D eigenvalue weighted by Crippen LogP contribution is 2.61. The van der Waals surface area contributed by atoms with E-state index < -0.39 is 34.3 Å². The van der Waals surface area contributed by atoms with Gasteiger partial charge >= 0.3 is 11.2 Å². The molecule has 1 N–H and O–H groups in total. The third-order valence-corrected chi connectivity index (χ3v) is 10.7. The molecule has 0 amide bonds. The first-order valence-electron chi connectivity index (χ1n) is 13.5. The number of carbonyl (C=O) groups excluding carboxylic acids is 1. The van der Waals surface area contributed by atoms with Crippen LogP contribution in [0.2, 0.25) is 0 Å². The number of hydrogen-bond acceptors (Lipinski definition) is 7. The second-order valence-electron chi connectivity index (χ2n) is 11.2. The highest BCUT2D eigenvalue weighted by Gasteiger charge is 2.58. The van der Waals surface area contributed by atoms with E-state index in [1.54, 1.807) is 0 Å². The Labute approximate surface area is 257 Å². The lowest BCUT2D eigenvalue weighted by molar-refractivity contribution is -0.777. The molecule has 2 atom stereocenters. The number of esters is 1.